The summed E-state index contributed by atoms with van der Waals surface area (Å²) < 4.78 is 0. The summed E-state index contributed by atoms with van der Waals surface area (Å²) in [6, 6.07) is 7.82. The first-order valence-electron chi connectivity index (χ1n) is 6.21. The molecular weight excluding hydrogens is 363 g/mol. The van der Waals surface area contributed by atoms with Crippen LogP contribution in [0.2, 0.25) is 10.0 Å². The van der Waals surface area contributed by atoms with Crippen LogP contribution >= 0.6 is 23.2 Å². The van der Waals surface area contributed by atoms with E-state index in [0.29, 0.717) is 0 Å². The Morgan fingerprint density at radius 3 is 2.04 bits per heavy atom. The molecule has 8 nitrogen and oxygen atoms in total. The first kappa shape index (κ1) is 19.3. The van der Waals surface area contributed by atoms with Gasteiger partial charge in [-0.1, -0.05) is 29.3 Å². The minimum absolute atomic E-state index is 0.0442. The first-order valence-corrected chi connectivity index (χ1v) is 6.97. The second-order valence-corrected chi connectivity index (χ2v) is 5.25. The van der Waals surface area contributed by atoms with Gasteiger partial charge in [0.2, 0.25) is 0 Å². The second kappa shape index (κ2) is 8.23. The van der Waals surface area contributed by atoms with Gasteiger partial charge in [0.15, 0.2) is 0 Å². The normalized spacial score (nSPS) is 9.62. The fourth-order valence-electron chi connectivity index (χ4n) is 1.55. The molecule has 126 valence electrons. The summed E-state index contributed by atoms with van der Waals surface area (Å²) >= 11 is 11.1. The molecule has 0 heterocycles. The molecule has 0 radical (unpaired) electrons. The molecule has 0 bridgehead atoms. The van der Waals surface area contributed by atoms with Gasteiger partial charge in [-0.2, -0.15) is 0 Å². The highest BCUT2D eigenvalue weighted by molar-refractivity contribution is 6.33. The molecule has 2 rings (SSSR count). The molecule has 0 unspecified atom stereocenters. The molecule has 0 fully saturated rings. The Hall–Kier alpha value is -2.71. The van der Waals surface area contributed by atoms with E-state index in [1.165, 1.54) is 6.07 Å². The predicted molar refractivity (Wildman–Crippen MR) is 87.9 cm³/mol. The molecule has 10 heteroatoms. The number of aromatic carboxylic acids is 1. The maximum absolute atomic E-state index is 10.4. The lowest BCUT2D eigenvalue weighted by molar-refractivity contribution is -0.385. The summed E-state index contributed by atoms with van der Waals surface area (Å²) in [5.41, 5.74) is 0.500. The molecule has 1 N–H and O–H groups in total. The topological polar surface area (TPSA) is 124 Å². The zero-order valence-corrected chi connectivity index (χ0v) is 13.6. The number of carboxylic acids is 1. The molecule has 0 aliphatic heterocycles. The zero-order valence-electron chi connectivity index (χ0n) is 12.1. The van der Waals surface area contributed by atoms with Gasteiger partial charge in [0.1, 0.15) is 5.02 Å². The third-order valence-electron chi connectivity index (χ3n) is 2.69. The average Bonchev–Trinajstić information content (AvgIpc) is 2.46. The molecular formula is C14H10Cl2N2O6. The van der Waals surface area contributed by atoms with E-state index in [2.05, 4.69) is 0 Å². The predicted octanol–water partition coefficient (Wildman–Crippen LogP) is 4.50. The summed E-state index contributed by atoms with van der Waals surface area (Å²) in [6.07, 6.45) is 0. The van der Waals surface area contributed by atoms with E-state index < -0.39 is 15.8 Å². The van der Waals surface area contributed by atoms with Crippen molar-refractivity contribution < 1.29 is 19.7 Å². The van der Waals surface area contributed by atoms with E-state index in [0.717, 1.165) is 23.8 Å². The number of carboxylic acid groups (broad SMARTS) is 1. The molecule has 0 saturated heterocycles. The van der Waals surface area contributed by atoms with Crippen LogP contribution in [-0.2, 0) is 0 Å². The number of nitrogens with zero attached hydrogens (tertiary/aromatic N) is 2. The molecule has 0 aliphatic rings. The Balaban J connectivity index is 0.000000243. The molecule has 2 aromatic carbocycles. The summed E-state index contributed by atoms with van der Waals surface area (Å²) in [5, 5.41) is 29.1. The number of carbonyl (C=O) groups is 1. The monoisotopic (exact) mass is 372 g/mol. The van der Waals surface area contributed by atoms with Gasteiger partial charge < -0.3 is 5.11 Å². The molecule has 2 aromatic rings. The Morgan fingerprint density at radius 1 is 1.00 bits per heavy atom. The van der Waals surface area contributed by atoms with Crippen LogP contribution < -0.4 is 0 Å². The van der Waals surface area contributed by atoms with Crippen LogP contribution in [0, 0.1) is 27.2 Å². The summed E-state index contributed by atoms with van der Waals surface area (Å²) in [6.45, 7) is 1.83. The summed E-state index contributed by atoms with van der Waals surface area (Å²) in [7, 11) is 0. The maximum atomic E-state index is 10.4. The Morgan fingerprint density at radius 2 is 1.62 bits per heavy atom. The van der Waals surface area contributed by atoms with E-state index in [4.69, 9.17) is 28.3 Å². The number of hydrogen-bond acceptors (Lipinski definition) is 5. The number of benzene rings is 2. The average molecular weight is 373 g/mol. The van der Waals surface area contributed by atoms with Crippen molar-refractivity contribution in [1.29, 1.82) is 0 Å². The quantitative estimate of drug-likeness (QED) is 0.624. The summed E-state index contributed by atoms with van der Waals surface area (Å²) in [4.78, 5) is 29.8. The van der Waals surface area contributed by atoms with Gasteiger partial charge in [-0.25, -0.2) is 4.79 Å². The molecule has 0 aliphatic carbocycles. The molecule has 0 atom stereocenters. The lowest BCUT2D eigenvalue weighted by atomic mass is 10.2. The van der Waals surface area contributed by atoms with Crippen molar-refractivity contribution >= 4 is 40.5 Å². The highest BCUT2D eigenvalue weighted by Gasteiger charge is 2.13. The minimum atomic E-state index is -1.21. The Bertz CT molecular complexity index is 810. The van der Waals surface area contributed by atoms with E-state index >= 15 is 0 Å². The number of non-ortho nitro benzene ring substituents is 1. The van der Waals surface area contributed by atoms with Gasteiger partial charge in [-0.3, -0.25) is 20.2 Å². The van der Waals surface area contributed by atoms with Crippen molar-refractivity contribution in [3.63, 3.8) is 0 Å². The van der Waals surface area contributed by atoms with Crippen LogP contribution in [0.3, 0.4) is 0 Å². The number of aryl methyl sites for hydroxylation is 1. The van der Waals surface area contributed by atoms with Gasteiger partial charge in [0.25, 0.3) is 11.4 Å². The SMILES string of the molecule is Cc1ccc([N+](=O)[O-])c(Cl)c1.O=C(O)c1ccc([N+](=O)[O-])cc1Cl. The van der Waals surface area contributed by atoms with Gasteiger partial charge in [-0.15, -0.1) is 0 Å². The Kier molecular flexibility index (Phi) is 6.63. The van der Waals surface area contributed by atoms with E-state index in [9.17, 15) is 25.0 Å². The third-order valence-corrected chi connectivity index (χ3v) is 3.31. The number of nitro benzene ring substituents is 2. The fourth-order valence-corrected chi connectivity index (χ4v) is 2.11. The van der Waals surface area contributed by atoms with Crippen LogP contribution in [0.15, 0.2) is 36.4 Å². The van der Waals surface area contributed by atoms with Crippen LogP contribution in [0.5, 0.6) is 0 Å². The van der Waals surface area contributed by atoms with Gasteiger partial charge in [0.05, 0.1) is 20.4 Å². The number of hydrogen-bond donors (Lipinski definition) is 1. The number of nitro groups is 2. The molecule has 0 amide bonds. The van der Waals surface area contributed by atoms with Crippen molar-refractivity contribution in [2.75, 3.05) is 0 Å². The van der Waals surface area contributed by atoms with Crippen molar-refractivity contribution in [3.8, 4) is 0 Å². The standard InChI is InChI=1S/C7H4ClNO4.C7H6ClNO2/c8-6-3-4(9(12)13)1-2-5(6)7(10)11;1-5-2-3-7(9(10)11)6(8)4-5/h1-3H,(H,10,11);2-4H,1H3. The van der Waals surface area contributed by atoms with Gasteiger partial charge in [0, 0.05) is 18.2 Å². The number of rotatable bonds is 3. The van der Waals surface area contributed by atoms with Gasteiger partial charge >= 0.3 is 5.97 Å². The Labute approximate surface area is 145 Å². The van der Waals surface area contributed by atoms with Crippen LogP contribution in [0.25, 0.3) is 0 Å². The highest BCUT2D eigenvalue weighted by atomic mass is 35.5. The molecule has 0 saturated carbocycles. The van der Waals surface area contributed by atoms with Crippen LogP contribution in [0.4, 0.5) is 11.4 Å². The third kappa shape index (κ3) is 5.18. The molecule has 24 heavy (non-hydrogen) atoms. The smallest absolute Gasteiger partial charge is 0.337 e. The lowest BCUT2D eigenvalue weighted by Gasteiger charge is -1.97. The number of halogens is 2. The van der Waals surface area contributed by atoms with E-state index in [1.54, 1.807) is 12.1 Å². The lowest BCUT2D eigenvalue weighted by Crippen LogP contribution is -1.98. The first-order chi connectivity index (χ1) is 11.1. The molecule has 0 spiro atoms. The van der Waals surface area contributed by atoms with E-state index in [1.807, 2.05) is 6.92 Å². The zero-order chi connectivity index (χ0) is 18.4. The van der Waals surface area contributed by atoms with Crippen molar-refractivity contribution in [3.05, 3.63) is 77.8 Å². The largest absolute Gasteiger partial charge is 0.478 e. The van der Waals surface area contributed by atoms with E-state index in [-0.39, 0.29) is 27.0 Å². The van der Waals surface area contributed by atoms with Crippen molar-refractivity contribution in [2.24, 2.45) is 0 Å². The van der Waals surface area contributed by atoms with Gasteiger partial charge in [-0.05, 0) is 24.6 Å². The molecule has 0 aromatic heterocycles. The maximum Gasteiger partial charge on any atom is 0.337 e. The van der Waals surface area contributed by atoms with Crippen molar-refractivity contribution in [2.45, 2.75) is 6.92 Å². The highest BCUT2D eigenvalue weighted by Crippen LogP contribution is 2.24. The van der Waals surface area contributed by atoms with Crippen LogP contribution in [-0.4, -0.2) is 20.9 Å². The van der Waals surface area contributed by atoms with Crippen LogP contribution in [0.1, 0.15) is 15.9 Å². The fraction of sp³-hybridized carbons (Fsp3) is 0.0714. The summed E-state index contributed by atoms with van der Waals surface area (Å²) in [5.74, 6) is -1.21. The minimum Gasteiger partial charge on any atom is -0.478 e. The van der Waals surface area contributed by atoms with Crippen molar-refractivity contribution in [1.82, 2.24) is 0 Å². The second-order valence-electron chi connectivity index (χ2n) is 4.44.